The molecule has 6 heteroatoms. The number of benzene rings is 1. The number of carbonyl (C=O) groups excluding carboxylic acids is 1. The average Bonchev–Trinajstić information content (AvgIpc) is 2.30. The molecule has 2 rings (SSSR count). The Bertz CT molecular complexity index is 589. The number of hydrogen-bond donors (Lipinski definition) is 0. The number of halogens is 2. The fourth-order valence-electron chi connectivity index (χ4n) is 1.49. The van der Waals surface area contributed by atoms with Crippen LogP contribution in [0.1, 0.15) is 5.69 Å². The van der Waals surface area contributed by atoms with Crippen LogP contribution in [0, 0.1) is 5.82 Å². The van der Waals surface area contributed by atoms with Gasteiger partial charge in [-0.2, -0.15) is 0 Å². The maximum Gasteiger partial charge on any atom is 0.311 e. The molecule has 4 nitrogen and oxygen atoms in total. The van der Waals surface area contributed by atoms with E-state index >= 15 is 0 Å². The highest BCUT2D eigenvalue weighted by Gasteiger charge is 2.13. The first kappa shape index (κ1) is 11.7. The van der Waals surface area contributed by atoms with Crippen molar-refractivity contribution in [2.75, 3.05) is 7.11 Å². The zero-order valence-corrected chi connectivity index (χ0v) is 9.66. The maximum absolute atomic E-state index is 13.5. The van der Waals surface area contributed by atoms with Crippen LogP contribution in [-0.4, -0.2) is 23.0 Å². The van der Waals surface area contributed by atoms with E-state index in [9.17, 15) is 9.18 Å². The van der Waals surface area contributed by atoms with Crippen LogP contribution in [0.3, 0.4) is 0 Å². The minimum atomic E-state index is -0.502. The van der Waals surface area contributed by atoms with Crippen LogP contribution in [0.2, 0.25) is 5.28 Å². The highest BCUT2D eigenvalue weighted by atomic mass is 35.5. The zero-order chi connectivity index (χ0) is 12.4. The Balaban J connectivity index is 2.62. The van der Waals surface area contributed by atoms with Crippen LogP contribution in [-0.2, 0) is 16.0 Å². The summed E-state index contributed by atoms with van der Waals surface area (Å²) in [7, 11) is 1.27. The molecule has 1 heterocycles. The molecule has 0 unspecified atom stereocenters. The van der Waals surface area contributed by atoms with Gasteiger partial charge in [-0.25, -0.2) is 14.4 Å². The van der Waals surface area contributed by atoms with Crippen molar-refractivity contribution in [1.29, 1.82) is 0 Å². The van der Waals surface area contributed by atoms with Crippen LogP contribution in [0.15, 0.2) is 18.2 Å². The lowest BCUT2D eigenvalue weighted by Gasteiger charge is -2.05. The molecule has 2 aromatic rings. The highest BCUT2D eigenvalue weighted by Crippen LogP contribution is 2.21. The van der Waals surface area contributed by atoms with E-state index in [1.54, 1.807) is 6.07 Å². The molecule has 88 valence electrons. The van der Waals surface area contributed by atoms with E-state index in [4.69, 9.17) is 11.6 Å². The van der Waals surface area contributed by atoms with Crippen molar-refractivity contribution in [3.63, 3.8) is 0 Å². The van der Waals surface area contributed by atoms with Gasteiger partial charge < -0.3 is 4.74 Å². The third-order valence-corrected chi connectivity index (χ3v) is 2.44. The van der Waals surface area contributed by atoms with Gasteiger partial charge in [0.05, 0.1) is 19.2 Å². The molecule has 0 N–H and O–H groups in total. The lowest BCUT2D eigenvalue weighted by molar-refractivity contribution is -0.139. The van der Waals surface area contributed by atoms with Crippen molar-refractivity contribution in [3.05, 3.63) is 35.0 Å². The Hall–Kier alpha value is -1.75. The number of methoxy groups -OCH3 is 1. The largest absolute Gasteiger partial charge is 0.469 e. The Morgan fingerprint density at radius 1 is 1.47 bits per heavy atom. The summed E-state index contributed by atoms with van der Waals surface area (Å²) in [6.07, 6.45) is -0.0707. The zero-order valence-electron chi connectivity index (χ0n) is 8.91. The molecule has 1 aromatic carbocycles. The van der Waals surface area contributed by atoms with Gasteiger partial charge in [0.25, 0.3) is 0 Å². The van der Waals surface area contributed by atoms with Crippen molar-refractivity contribution in [2.45, 2.75) is 6.42 Å². The first-order chi connectivity index (χ1) is 8.11. The average molecular weight is 255 g/mol. The summed E-state index contributed by atoms with van der Waals surface area (Å²) in [5, 5.41) is 0.362. The van der Waals surface area contributed by atoms with Gasteiger partial charge in [0.2, 0.25) is 5.28 Å². The molecule has 0 amide bonds. The predicted octanol–water partition coefficient (Wildman–Crippen LogP) is 2.14. The lowest BCUT2D eigenvalue weighted by atomic mass is 10.1. The van der Waals surface area contributed by atoms with Crippen LogP contribution in [0.5, 0.6) is 0 Å². The van der Waals surface area contributed by atoms with E-state index in [1.807, 2.05) is 0 Å². The van der Waals surface area contributed by atoms with E-state index in [1.165, 1.54) is 19.2 Å². The number of fused-ring (bicyclic) bond motifs is 1. The summed E-state index contributed by atoms with van der Waals surface area (Å²) < 4.78 is 18.0. The molecule has 0 aliphatic heterocycles. The molecule has 0 saturated carbocycles. The normalized spacial score (nSPS) is 10.5. The number of aromatic nitrogens is 2. The summed E-state index contributed by atoms with van der Waals surface area (Å²) in [4.78, 5) is 18.9. The topological polar surface area (TPSA) is 52.1 Å². The number of rotatable bonds is 2. The number of esters is 1. The summed E-state index contributed by atoms with van der Waals surface area (Å²) >= 11 is 5.68. The number of nitrogens with zero attached hydrogens (tertiary/aromatic N) is 2. The maximum atomic E-state index is 13.5. The molecule has 0 radical (unpaired) electrons. The summed E-state index contributed by atoms with van der Waals surface area (Å²) in [5.41, 5.74) is 0.456. The standard InChI is InChI=1S/C11H8ClFN2O2/c1-17-9(16)5-8-6-3-2-4-7(13)10(6)15-11(12)14-8/h2-4H,5H2,1H3. The molecule has 0 saturated heterocycles. The minimum Gasteiger partial charge on any atom is -0.469 e. The van der Waals surface area contributed by atoms with Crippen molar-refractivity contribution in [2.24, 2.45) is 0 Å². The second-order valence-electron chi connectivity index (χ2n) is 3.33. The first-order valence-corrected chi connectivity index (χ1v) is 5.17. The van der Waals surface area contributed by atoms with Crippen molar-refractivity contribution >= 4 is 28.5 Å². The van der Waals surface area contributed by atoms with Gasteiger partial charge in [0.1, 0.15) is 11.3 Å². The van der Waals surface area contributed by atoms with Gasteiger partial charge in [-0.1, -0.05) is 12.1 Å². The first-order valence-electron chi connectivity index (χ1n) is 4.79. The van der Waals surface area contributed by atoms with Gasteiger partial charge >= 0.3 is 5.97 Å². The van der Waals surface area contributed by atoms with Gasteiger partial charge in [-0.3, -0.25) is 4.79 Å². The monoisotopic (exact) mass is 254 g/mol. The Kier molecular flexibility index (Phi) is 3.19. The fourth-order valence-corrected chi connectivity index (χ4v) is 1.68. The summed E-state index contributed by atoms with van der Waals surface area (Å²) in [5.74, 6) is -0.969. The predicted molar refractivity (Wildman–Crippen MR) is 60.2 cm³/mol. The SMILES string of the molecule is COC(=O)Cc1nc(Cl)nc2c(F)cccc12. The van der Waals surface area contributed by atoms with Crippen LogP contribution >= 0.6 is 11.6 Å². The number of hydrogen-bond acceptors (Lipinski definition) is 4. The molecule has 1 aromatic heterocycles. The Morgan fingerprint density at radius 2 is 2.24 bits per heavy atom. The summed E-state index contributed by atoms with van der Waals surface area (Å²) in [6.45, 7) is 0. The second-order valence-corrected chi connectivity index (χ2v) is 3.67. The molecule has 0 spiro atoms. The van der Waals surface area contributed by atoms with Gasteiger partial charge in [-0.15, -0.1) is 0 Å². The molecule has 0 bridgehead atoms. The minimum absolute atomic E-state index is 0.0707. The van der Waals surface area contributed by atoms with E-state index in [0.717, 1.165) is 0 Å². The smallest absolute Gasteiger partial charge is 0.311 e. The van der Waals surface area contributed by atoms with E-state index in [-0.39, 0.29) is 17.2 Å². The second kappa shape index (κ2) is 4.63. The number of para-hydroxylation sites is 1. The molecule has 0 aliphatic carbocycles. The molecule has 0 atom stereocenters. The van der Waals surface area contributed by atoms with Crippen LogP contribution < -0.4 is 0 Å². The number of ether oxygens (including phenoxy) is 1. The van der Waals surface area contributed by atoms with Crippen molar-refractivity contribution in [3.8, 4) is 0 Å². The summed E-state index contributed by atoms with van der Waals surface area (Å²) in [6, 6.07) is 4.43. The van der Waals surface area contributed by atoms with E-state index in [2.05, 4.69) is 14.7 Å². The quantitative estimate of drug-likeness (QED) is 0.609. The lowest BCUT2D eigenvalue weighted by Crippen LogP contribution is -2.07. The number of carbonyl (C=O) groups is 1. The molecule has 0 aliphatic rings. The molecular weight excluding hydrogens is 247 g/mol. The molecule has 0 fully saturated rings. The van der Waals surface area contributed by atoms with E-state index in [0.29, 0.717) is 11.1 Å². The van der Waals surface area contributed by atoms with Crippen LogP contribution in [0.4, 0.5) is 4.39 Å². The third kappa shape index (κ3) is 2.34. The Morgan fingerprint density at radius 3 is 2.94 bits per heavy atom. The van der Waals surface area contributed by atoms with E-state index < -0.39 is 11.8 Å². The highest BCUT2D eigenvalue weighted by molar-refractivity contribution is 6.28. The fraction of sp³-hybridized carbons (Fsp3) is 0.182. The third-order valence-electron chi connectivity index (χ3n) is 2.27. The van der Waals surface area contributed by atoms with Gasteiger partial charge in [0, 0.05) is 5.39 Å². The van der Waals surface area contributed by atoms with Gasteiger partial charge in [0.15, 0.2) is 0 Å². The molecule has 17 heavy (non-hydrogen) atoms. The van der Waals surface area contributed by atoms with Gasteiger partial charge in [-0.05, 0) is 17.7 Å². The van der Waals surface area contributed by atoms with Crippen molar-refractivity contribution in [1.82, 2.24) is 9.97 Å². The molecular formula is C11H8ClFN2O2. The van der Waals surface area contributed by atoms with Crippen LogP contribution in [0.25, 0.3) is 10.9 Å². The Labute approximate surface area is 101 Å². The van der Waals surface area contributed by atoms with Crippen molar-refractivity contribution < 1.29 is 13.9 Å².